The molecule has 2 aromatic carbocycles. The van der Waals surface area contributed by atoms with Crippen LogP contribution < -0.4 is 5.32 Å². The van der Waals surface area contributed by atoms with Gasteiger partial charge in [-0.05, 0) is 36.6 Å². The molecule has 1 fully saturated rings. The molecule has 10 heteroatoms. The SMILES string of the molecule is O=C(Nc1cc(F)cc(C(F)(F)F)c1)N(Cc1ccccc1)C1CCN(Cc2cnccn2)CC1. The maximum Gasteiger partial charge on any atom is 0.416 e. The second-order valence-electron chi connectivity index (χ2n) is 8.47. The summed E-state index contributed by atoms with van der Waals surface area (Å²) in [5, 5.41) is 2.48. The number of urea groups is 1. The van der Waals surface area contributed by atoms with Crippen molar-refractivity contribution in [2.75, 3.05) is 18.4 Å². The maximum absolute atomic E-state index is 13.9. The van der Waals surface area contributed by atoms with Gasteiger partial charge < -0.3 is 10.2 Å². The molecule has 1 saturated heterocycles. The minimum atomic E-state index is -4.72. The largest absolute Gasteiger partial charge is 0.416 e. The molecule has 0 radical (unpaired) electrons. The number of alkyl halides is 3. The highest BCUT2D eigenvalue weighted by atomic mass is 19.4. The van der Waals surface area contributed by atoms with Gasteiger partial charge in [0.1, 0.15) is 5.82 Å². The van der Waals surface area contributed by atoms with Crippen molar-refractivity contribution in [1.82, 2.24) is 19.8 Å². The van der Waals surface area contributed by atoms with Crippen LogP contribution in [-0.2, 0) is 19.3 Å². The summed E-state index contributed by atoms with van der Waals surface area (Å²) >= 11 is 0. The maximum atomic E-state index is 13.9. The number of nitrogens with one attached hydrogen (secondary N) is 1. The minimum absolute atomic E-state index is 0.135. The first kappa shape index (κ1) is 24.6. The highest BCUT2D eigenvalue weighted by Crippen LogP contribution is 2.32. The van der Waals surface area contributed by atoms with Crippen molar-refractivity contribution in [2.45, 2.75) is 38.1 Å². The Morgan fingerprint density at radius 2 is 1.83 bits per heavy atom. The van der Waals surface area contributed by atoms with Gasteiger partial charge in [0, 0.05) is 56.5 Å². The predicted molar refractivity (Wildman–Crippen MR) is 123 cm³/mol. The van der Waals surface area contributed by atoms with E-state index in [1.807, 2.05) is 30.3 Å². The molecular weight excluding hydrogens is 462 g/mol. The van der Waals surface area contributed by atoms with Crippen molar-refractivity contribution in [1.29, 1.82) is 0 Å². The third kappa shape index (κ3) is 6.75. The first-order valence-corrected chi connectivity index (χ1v) is 11.2. The molecule has 4 rings (SSSR count). The van der Waals surface area contributed by atoms with Gasteiger partial charge in [-0.25, -0.2) is 9.18 Å². The molecule has 0 unspecified atom stereocenters. The first-order valence-electron chi connectivity index (χ1n) is 11.2. The summed E-state index contributed by atoms with van der Waals surface area (Å²) in [6.45, 7) is 2.37. The normalized spacial score (nSPS) is 15.1. The number of benzene rings is 2. The van der Waals surface area contributed by atoms with Gasteiger partial charge >= 0.3 is 12.2 Å². The van der Waals surface area contributed by atoms with Gasteiger partial charge in [-0.15, -0.1) is 0 Å². The van der Waals surface area contributed by atoms with Crippen LogP contribution in [-0.4, -0.2) is 44.9 Å². The quantitative estimate of drug-likeness (QED) is 0.478. The Bertz CT molecular complexity index is 1120. The molecule has 3 aromatic rings. The van der Waals surface area contributed by atoms with E-state index in [0.29, 0.717) is 25.5 Å². The van der Waals surface area contributed by atoms with E-state index in [1.165, 1.54) is 0 Å². The molecule has 35 heavy (non-hydrogen) atoms. The molecule has 1 aliphatic heterocycles. The van der Waals surface area contributed by atoms with Crippen molar-refractivity contribution in [2.24, 2.45) is 0 Å². The van der Waals surface area contributed by atoms with E-state index in [4.69, 9.17) is 0 Å². The zero-order valence-corrected chi connectivity index (χ0v) is 18.9. The molecule has 1 aromatic heterocycles. The molecule has 0 spiro atoms. The van der Waals surface area contributed by atoms with Crippen LogP contribution in [0.4, 0.5) is 28.0 Å². The van der Waals surface area contributed by atoms with Gasteiger partial charge in [-0.2, -0.15) is 13.2 Å². The lowest BCUT2D eigenvalue weighted by atomic mass is 10.0. The average molecular weight is 488 g/mol. The Hall–Kier alpha value is -3.53. The van der Waals surface area contributed by atoms with Crippen molar-refractivity contribution in [3.63, 3.8) is 0 Å². The number of amides is 2. The summed E-state index contributed by atoms with van der Waals surface area (Å²) in [6, 6.07) is 10.7. The van der Waals surface area contributed by atoms with Gasteiger partial charge in [0.15, 0.2) is 0 Å². The van der Waals surface area contributed by atoms with Gasteiger partial charge in [-0.1, -0.05) is 30.3 Å². The second kappa shape index (κ2) is 10.8. The fraction of sp³-hybridized carbons (Fsp3) is 0.320. The van der Waals surface area contributed by atoms with Crippen LogP contribution in [0.1, 0.15) is 29.7 Å². The van der Waals surface area contributed by atoms with Crippen LogP contribution in [0.25, 0.3) is 0 Å². The molecule has 2 amide bonds. The summed E-state index contributed by atoms with van der Waals surface area (Å²) in [5.41, 5.74) is 0.358. The van der Waals surface area contributed by atoms with Crippen molar-refractivity contribution < 1.29 is 22.4 Å². The third-order valence-corrected chi connectivity index (χ3v) is 5.93. The smallest absolute Gasteiger partial charge is 0.317 e. The number of rotatable bonds is 6. The summed E-state index contributed by atoms with van der Waals surface area (Å²) in [7, 11) is 0. The van der Waals surface area contributed by atoms with Crippen molar-refractivity contribution >= 4 is 11.7 Å². The van der Waals surface area contributed by atoms with E-state index in [2.05, 4.69) is 20.2 Å². The first-order chi connectivity index (χ1) is 16.8. The molecule has 184 valence electrons. The fourth-order valence-electron chi connectivity index (χ4n) is 4.20. The molecular formula is C25H25F4N5O. The number of hydrogen-bond acceptors (Lipinski definition) is 4. The van der Waals surface area contributed by atoms with Crippen molar-refractivity contribution in [3.05, 3.63) is 89.8 Å². The highest BCUT2D eigenvalue weighted by Gasteiger charge is 2.32. The van der Waals surface area contributed by atoms with E-state index in [1.54, 1.807) is 23.5 Å². The molecule has 0 aliphatic carbocycles. The predicted octanol–water partition coefficient (Wildman–Crippen LogP) is 5.33. The Kier molecular flexibility index (Phi) is 7.60. The van der Waals surface area contributed by atoms with Gasteiger partial charge in [-0.3, -0.25) is 14.9 Å². The molecule has 1 N–H and O–H groups in total. The van der Waals surface area contributed by atoms with Gasteiger partial charge in [0.2, 0.25) is 0 Å². The third-order valence-electron chi connectivity index (χ3n) is 5.93. The topological polar surface area (TPSA) is 61.4 Å². The monoisotopic (exact) mass is 487 g/mol. The summed E-state index contributed by atoms with van der Waals surface area (Å²) in [6.07, 6.45) is 1.61. The van der Waals surface area contributed by atoms with E-state index >= 15 is 0 Å². The zero-order valence-electron chi connectivity index (χ0n) is 18.9. The highest BCUT2D eigenvalue weighted by molar-refractivity contribution is 5.89. The Balaban J connectivity index is 1.48. The van der Waals surface area contributed by atoms with E-state index in [9.17, 15) is 22.4 Å². The summed E-state index contributed by atoms with van der Waals surface area (Å²) in [5.74, 6) is -1.07. The van der Waals surface area contributed by atoms with Crippen LogP contribution >= 0.6 is 0 Å². The summed E-state index contributed by atoms with van der Waals surface area (Å²) in [4.78, 5) is 25.5. The Labute approximate surface area is 200 Å². The molecule has 0 atom stereocenters. The van der Waals surface area contributed by atoms with E-state index < -0.39 is 23.6 Å². The van der Waals surface area contributed by atoms with Crippen LogP contribution in [0.2, 0.25) is 0 Å². The van der Waals surface area contributed by atoms with Gasteiger partial charge in [0.05, 0.1) is 11.3 Å². The number of halogens is 4. The lowest BCUT2D eigenvalue weighted by molar-refractivity contribution is -0.137. The number of aromatic nitrogens is 2. The average Bonchev–Trinajstić information content (AvgIpc) is 2.83. The van der Waals surface area contributed by atoms with E-state index in [0.717, 1.165) is 36.5 Å². The molecule has 2 heterocycles. The molecule has 6 nitrogen and oxygen atoms in total. The Morgan fingerprint density at radius 3 is 2.49 bits per heavy atom. The number of carbonyl (C=O) groups excluding carboxylic acids is 1. The number of carbonyl (C=O) groups is 1. The standard InChI is InChI=1S/C25H25F4N5O/c26-20-12-19(25(27,28)29)13-21(14-20)32-24(35)34(16-18-4-2-1-3-5-18)23-6-10-33(11-7-23)17-22-15-30-8-9-31-22/h1-5,8-9,12-15,23H,6-7,10-11,16-17H2,(H,32,35). The van der Waals surface area contributed by atoms with Crippen molar-refractivity contribution in [3.8, 4) is 0 Å². The second-order valence-corrected chi connectivity index (χ2v) is 8.47. The molecule has 0 saturated carbocycles. The van der Waals surface area contributed by atoms with Gasteiger partial charge in [0.25, 0.3) is 0 Å². The van der Waals surface area contributed by atoms with Crippen LogP contribution in [0.5, 0.6) is 0 Å². The zero-order chi connectivity index (χ0) is 24.8. The number of anilines is 1. The number of hydrogen-bond donors (Lipinski definition) is 1. The molecule has 1 aliphatic rings. The van der Waals surface area contributed by atoms with Crippen LogP contribution in [0.15, 0.2) is 67.1 Å². The fourth-order valence-corrected chi connectivity index (χ4v) is 4.20. The molecule has 0 bridgehead atoms. The lowest BCUT2D eigenvalue weighted by Crippen LogP contribution is -2.48. The summed E-state index contributed by atoms with van der Waals surface area (Å²) < 4.78 is 53.2. The van der Waals surface area contributed by atoms with Crippen LogP contribution in [0.3, 0.4) is 0 Å². The Morgan fingerprint density at radius 1 is 1.09 bits per heavy atom. The minimum Gasteiger partial charge on any atom is -0.317 e. The lowest BCUT2D eigenvalue weighted by Gasteiger charge is -2.38. The number of nitrogens with zero attached hydrogens (tertiary/aromatic N) is 4. The van der Waals surface area contributed by atoms with E-state index in [-0.39, 0.29) is 18.3 Å². The number of likely N-dealkylation sites (tertiary alicyclic amines) is 1. The van der Waals surface area contributed by atoms with Crippen LogP contribution in [0, 0.1) is 5.82 Å². The number of piperidine rings is 1.